The lowest BCUT2D eigenvalue weighted by Gasteiger charge is -2.40. The van der Waals surface area contributed by atoms with Gasteiger partial charge >= 0.3 is 5.97 Å². The van der Waals surface area contributed by atoms with E-state index in [1.165, 1.54) is 44.8 Å². The molecule has 1 fully saturated rings. The van der Waals surface area contributed by atoms with Crippen molar-refractivity contribution in [3.05, 3.63) is 12.7 Å². The lowest BCUT2D eigenvalue weighted by molar-refractivity contribution is -0.914. The highest BCUT2D eigenvalue weighted by atomic mass is 16.5. The molecular weight excluding hydrogens is 300 g/mol. The van der Waals surface area contributed by atoms with E-state index in [4.69, 9.17) is 4.74 Å². The van der Waals surface area contributed by atoms with Crippen molar-refractivity contribution in [2.75, 3.05) is 54.4 Å². The molecule has 24 heavy (non-hydrogen) atoms. The van der Waals surface area contributed by atoms with Gasteiger partial charge in [0.25, 0.3) is 0 Å². The van der Waals surface area contributed by atoms with E-state index in [0.717, 1.165) is 27.3 Å². The molecule has 0 aromatic heterocycles. The van der Waals surface area contributed by atoms with E-state index >= 15 is 0 Å². The standard InChI is InChI=1S/C20H40N2O2/c1-8-20(23)24-14-13-21(4,5)15-18-9-11-19(12-10-18)16-22(6,7)17(2)3/h8,17-19H,1,9-16H2,2-7H3/q+2. The van der Waals surface area contributed by atoms with E-state index < -0.39 is 0 Å². The maximum Gasteiger partial charge on any atom is 0.330 e. The first-order valence-electron chi connectivity index (χ1n) is 9.49. The van der Waals surface area contributed by atoms with Gasteiger partial charge in [0.15, 0.2) is 0 Å². The summed E-state index contributed by atoms with van der Waals surface area (Å²) in [7, 11) is 9.21. The van der Waals surface area contributed by atoms with Crippen LogP contribution in [0.1, 0.15) is 39.5 Å². The van der Waals surface area contributed by atoms with E-state index in [-0.39, 0.29) is 5.97 Å². The molecule has 0 spiro atoms. The number of nitrogens with zero attached hydrogens (tertiary/aromatic N) is 2. The average molecular weight is 341 g/mol. The van der Waals surface area contributed by atoms with Gasteiger partial charge < -0.3 is 13.7 Å². The Morgan fingerprint density at radius 2 is 1.58 bits per heavy atom. The van der Waals surface area contributed by atoms with Crippen LogP contribution in [0.3, 0.4) is 0 Å². The summed E-state index contributed by atoms with van der Waals surface area (Å²) in [5.41, 5.74) is 0. The summed E-state index contributed by atoms with van der Waals surface area (Å²) in [6.45, 7) is 11.9. The lowest BCUT2D eigenvalue weighted by atomic mass is 9.81. The molecule has 0 aromatic rings. The second-order valence-electron chi connectivity index (χ2n) is 9.16. The van der Waals surface area contributed by atoms with Crippen molar-refractivity contribution >= 4 is 5.97 Å². The topological polar surface area (TPSA) is 26.3 Å². The number of carbonyl (C=O) groups excluding carboxylic acids is 1. The summed E-state index contributed by atoms with van der Waals surface area (Å²) in [5.74, 6) is 1.37. The lowest BCUT2D eigenvalue weighted by Crippen LogP contribution is -2.50. The highest BCUT2D eigenvalue weighted by Gasteiger charge is 2.31. The molecule has 1 aliphatic rings. The quantitative estimate of drug-likeness (QED) is 0.366. The summed E-state index contributed by atoms with van der Waals surface area (Å²) in [5, 5.41) is 0. The zero-order valence-electron chi connectivity index (χ0n) is 16.9. The molecule has 4 heteroatoms. The highest BCUT2D eigenvalue weighted by Crippen LogP contribution is 2.31. The van der Waals surface area contributed by atoms with Crippen LogP contribution in [0.4, 0.5) is 0 Å². The fourth-order valence-electron chi connectivity index (χ4n) is 3.72. The summed E-state index contributed by atoms with van der Waals surface area (Å²) in [6.07, 6.45) is 6.65. The molecule has 0 radical (unpaired) electrons. The molecule has 140 valence electrons. The van der Waals surface area contributed by atoms with Crippen LogP contribution >= 0.6 is 0 Å². The van der Waals surface area contributed by atoms with E-state index in [2.05, 4.69) is 48.6 Å². The van der Waals surface area contributed by atoms with Gasteiger partial charge in [-0.25, -0.2) is 4.79 Å². The molecule has 1 saturated carbocycles. The van der Waals surface area contributed by atoms with Gasteiger partial charge in [-0.1, -0.05) is 6.58 Å². The smallest absolute Gasteiger partial charge is 0.330 e. The predicted octanol–water partition coefficient (Wildman–Crippen LogP) is 3.08. The Bertz CT molecular complexity index is 408. The number of quaternary nitrogens is 2. The monoisotopic (exact) mass is 340 g/mol. The van der Waals surface area contributed by atoms with Gasteiger partial charge in [-0.05, 0) is 39.5 Å². The largest absolute Gasteiger partial charge is 0.457 e. The van der Waals surface area contributed by atoms with Gasteiger partial charge in [-0.3, -0.25) is 0 Å². The zero-order chi connectivity index (χ0) is 18.4. The van der Waals surface area contributed by atoms with Crippen molar-refractivity contribution in [3.63, 3.8) is 0 Å². The SMILES string of the molecule is C=CC(=O)OCC[N+](C)(C)CC1CCC(C[N+](C)(C)C(C)C)CC1. The van der Waals surface area contributed by atoms with Crippen LogP contribution < -0.4 is 0 Å². The number of rotatable bonds is 9. The molecule has 0 unspecified atom stereocenters. The van der Waals surface area contributed by atoms with Crippen LogP contribution in [-0.2, 0) is 9.53 Å². The van der Waals surface area contributed by atoms with Gasteiger partial charge in [-0.2, -0.15) is 0 Å². The van der Waals surface area contributed by atoms with Gasteiger partial charge in [0.2, 0.25) is 0 Å². The van der Waals surface area contributed by atoms with Crippen molar-refractivity contribution in [1.29, 1.82) is 0 Å². The van der Waals surface area contributed by atoms with Crippen molar-refractivity contribution in [3.8, 4) is 0 Å². The number of ether oxygens (including phenoxy) is 1. The summed E-state index contributed by atoms with van der Waals surface area (Å²) in [6, 6.07) is 0.691. The molecule has 1 rings (SSSR count). The van der Waals surface area contributed by atoms with Crippen LogP contribution in [0.5, 0.6) is 0 Å². The Morgan fingerprint density at radius 3 is 2.04 bits per heavy atom. The van der Waals surface area contributed by atoms with Gasteiger partial charge in [0, 0.05) is 17.9 Å². The number of hydrogen-bond acceptors (Lipinski definition) is 2. The highest BCUT2D eigenvalue weighted by molar-refractivity contribution is 5.81. The first kappa shape index (κ1) is 21.2. The zero-order valence-corrected chi connectivity index (χ0v) is 16.9. The number of esters is 1. The van der Waals surface area contributed by atoms with Crippen LogP contribution in [-0.4, -0.2) is 75.4 Å². The molecule has 0 aromatic carbocycles. The molecule has 0 N–H and O–H groups in total. The van der Waals surface area contributed by atoms with Crippen molar-refractivity contribution in [1.82, 2.24) is 0 Å². The number of hydrogen-bond donors (Lipinski definition) is 0. The second-order valence-corrected chi connectivity index (χ2v) is 9.16. The molecule has 0 heterocycles. The molecule has 0 aliphatic heterocycles. The summed E-state index contributed by atoms with van der Waals surface area (Å²) in [4.78, 5) is 11.1. The predicted molar refractivity (Wildman–Crippen MR) is 101 cm³/mol. The molecule has 0 amide bonds. The van der Waals surface area contributed by atoms with E-state index in [1.807, 2.05) is 0 Å². The van der Waals surface area contributed by atoms with Crippen molar-refractivity contribution < 1.29 is 18.5 Å². The minimum absolute atomic E-state index is 0.318. The maximum absolute atomic E-state index is 11.1. The Hall–Kier alpha value is -0.870. The molecule has 0 bridgehead atoms. The van der Waals surface area contributed by atoms with Crippen LogP contribution in [0, 0.1) is 11.8 Å². The molecular formula is C20H40N2O2+2. The molecule has 0 saturated heterocycles. The third-order valence-corrected chi connectivity index (χ3v) is 5.95. The van der Waals surface area contributed by atoms with E-state index in [0.29, 0.717) is 12.6 Å². The maximum atomic E-state index is 11.1. The average Bonchev–Trinajstić information content (AvgIpc) is 2.48. The fourth-order valence-corrected chi connectivity index (χ4v) is 3.72. The van der Waals surface area contributed by atoms with Crippen molar-refractivity contribution in [2.45, 2.75) is 45.6 Å². The third kappa shape index (κ3) is 7.35. The number of likely N-dealkylation sites (N-methyl/N-ethyl adjacent to an activating group) is 1. The molecule has 0 atom stereocenters. The summed E-state index contributed by atoms with van der Waals surface area (Å²) >= 11 is 0. The molecule has 1 aliphatic carbocycles. The van der Waals surface area contributed by atoms with Crippen molar-refractivity contribution in [2.24, 2.45) is 11.8 Å². The van der Waals surface area contributed by atoms with Crippen LogP contribution in [0.2, 0.25) is 0 Å². The van der Waals surface area contributed by atoms with Gasteiger partial charge in [-0.15, -0.1) is 0 Å². The first-order valence-corrected chi connectivity index (χ1v) is 9.49. The minimum Gasteiger partial charge on any atom is -0.457 e. The first-order chi connectivity index (χ1) is 11.1. The Labute approximate surface area is 149 Å². The fraction of sp³-hybridized carbons (Fsp3) is 0.850. The van der Waals surface area contributed by atoms with E-state index in [1.54, 1.807) is 0 Å². The second kappa shape index (κ2) is 9.00. The van der Waals surface area contributed by atoms with Gasteiger partial charge in [0.05, 0.1) is 47.3 Å². The van der Waals surface area contributed by atoms with Crippen LogP contribution in [0.15, 0.2) is 12.7 Å². The third-order valence-electron chi connectivity index (χ3n) is 5.95. The Kier molecular flexibility index (Phi) is 7.94. The Morgan fingerprint density at radius 1 is 1.08 bits per heavy atom. The Balaban J connectivity index is 2.34. The van der Waals surface area contributed by atoms with Crippen LogP contribution in [0.25, 0.3) is 0 Å². The van der Waals surface area contributed by atoms with E-state index in [9.17, 15) is 4.79 Å². The normalized spacial score (nSPS) is 22.5. The summed E-state index contributed by atoms with van der Waals surface area (Å²) < 4.78 is 7.19. The minimum atomic E-state index is -0.318. The number of carbonyl (C=O) groups is 1. The van der Waals surface area contributed by atoms with Gasteiger partial charge in [0.1, 0.15) is 13.2 Å². The molecule has 4 nitrogen and oxygen atoms in total.